The quantitative estimate of drug-likeness (QED) is 0.887. The number of phenols is 1. The molecule has 0 aliphatic heterocycles. The first-order chi connectivity index (χ1) is 9.83. The van der Waals surface area contributed by atoms with E-state index < -0.39 is 10.0 Å². The van der Waals surface area contributed by atoms with E-state index in [1.807, 2.05) is 0 Å². The number of methoxy groups -OCH3 is 1. The predicted octanol–water partition coefficient (Wildman–Crippen LogP) is 3.51. The molecule has 2 aromatic carbocycles. The van der Waals surface area contributed by atoms with Gasteiger partial charge in [-0.15, -0.1) is 0 Å². The summed E-state index contributed by atoms with van der Waals surface area (Å²) in [6.07, 6.45) is 0. The van der Waals surface area contributed by atoms with E-state index in [2.05, 4.69) is 4.72 Å². The van der Waals surface area contributed by atoms with Crippen molar-refractivity contribution in [1.82, 2.24) is 0 Å². The molecule has 0 spiro atoms. The Balaban J connectivity index is 2.37. The van der Waals surface area contributed by atoms with E-state index in [4.69, 9.17) is 27.9 Å². The maximum absolute atomic E-state index is 12.3. The van der Waals surface area contributed by atoms with Gasteiger partial charge in [-0.1, -0.05) is 23.2 Å². The zero-order chi connectivity index (χ0) is 15.6. The van der Waals surface area contributed by atoms with E-state index >= 15 is 0 Å². The SMILES string of the molecule is COc1ccc(NS(=O)(=O)c2cc(Cl)ccc2Cl)cc1O. The van der Waals surface area contributed by atoms with Gasteiger partial charge in [0.25, 0.3) is 10.0 Å². The highest BCUT2D eigenvalue weighted by Gasteiger charge is 2.19. The number of anilines is 1. The first-order valence-electron chi connectivity index (χ1n) is 5.68. The monoisotopic (exact) mass is 347 g/mol. The summed E-state index contributed by atoms with van der Waals surface area (Å²) < 4.78 is 31.7. The van der Waals surface area contributed by atoms with Crippen molar-refractivity contribution in [1.29, 1.82) is 0 Å². The average Bonchev–Trinajstić information content (AvgIpc) is 2.41. The van der Waals surface area contributed by atoms with Crippen molar-refractivity contribution in [2.75, 3.05) is 11.8 Å². The van der Waals surface area contributed by atoms with Gasteiger partial charge in [0.05, 0.1) is 17.8 Å². The lowest BCUT2D eigenvalue weighted by Crippen LogP contribution is -2.13. The number of sulfonamides is 1. The van der Waals surface area contributed by atoms with Crippen molar-refractivity contribution in [2.45, 2.75) is 4.90 Å². The number of nitrogens with one attached hydrogen (secondary N) is 1. The highest BCUT2D eigenvalue weighted by Crippen LogP contribution is 2.31. The van der Waals surface area contributed by atoms with Crippen molar-refractivity contribution < 1.29 is 18.3 Å². The molecule has 8 heteroatoms. The molecule has 2 N–H and O–H groups in total. The largest absolute Gasteiger partial charge is 0.504 e. The number of phenolic OH excluding ortho intramolecular Hbond substituents is 1. The smallest absolute Gasteiger partial charge is 0.263 e. The Labute approximate surface area is 132 Å². The van der Waals surface area contributed by atoms with Crippen molar-refractivity contribution in [3.8, 4) is 11.5 Å². The van der Waals surface area contributed by atoms with Crippen LogP contribution in [0.5, 0.6) is 11.5 Å². The highest BCUT2D eigenvalue weighted by molar-refractivity contribution is 7.92. The van der Waals surface area contributed by atoms with Gasteiger partial charge in [0.15, 0.2) is 11.5 Å². The third-order valence-electron chi connectivity index (χ3n) is 2.61. The molecule has 2 aromatic rings. The van der Waals surface area contributed by atoms with E-state index in [0.717, 1.165) is 0 Å². The lowest BCUT2D eigenvalue weighted by molar-refractivity contribution is 0.373. The Morgan fingerprint density at radius 3 is 2.48 bits per heavy atom. The number of benzene rings is 2. The van der Waals surface area contributed by atoms with E-state index in [1.54, 1.807) is 0 Å². The van der Waals surface area contributed by atoms with Crippen LogP contribution in [-0.2, 0) is 10.0 Å². The van der Waals surface area contributed by atoms with Gasteiger partial charge >= 0.3 is 0 Å². The van der Waals surface area contributed by atoms with Crippen LogP contribution in [0.1, 0.15) is 0 Å². The first-order valence-corrected chi connectivity index (χ1v) is 7.92. The molecule has 0 unspecified atom stereocenters. The molecule has 112 valence electrons. The van der Waals surface area contributed by atoms with Crippen LogP contribution in [0, 0.1) is 0 Å². The second-order valence-electron chi connectivity index (χ2n) is 4.07. The van der Waals surface area contributed by atoms with Crippen LogP contribution in [0.2, 0.25) is 10.0 Å². The van der Waals surface area contributed by atoms with Crippen LogP contribution in [0.3, 0.4) is 0 Å². The fourth-order valence-electron chi connectivity index (χ4n) is 1.65. The number of hydrogen-bond donors (Lipinski definition) is 2. The van der Waals surface area contributed by atoms with Crippen molar-refractivity contribution >= 4 is 38.9 Å². The molecule has 0 bridgehead atoms. The number of ether oxygens (including phenoxy) is 1. The molecule has 0 atom stereocenters. The molecule has 0 aromatic heterocycles. The summed E-state index contributed by atoms with van der Waals surface area (Å²) in [6.45, 7) is 0. The number of rotatable bonds is 4. The van der Waals surface area contributed by atoms with Gasteiger partial charge < -0.3 is 9.84 Å². The van der Waals surface area contributed by atoms with Crippen LogP contribution in [-0.4, -0.2) is 20.6 Å². The van der Waals surface area contributed by atoms with E-state index in [1.165, 1.54) is 43.5 Å². The minimum atomic E-state index is -3.92. The maximum atomic E-state index is 12.3. The molecule has 0 aliphatic rings. The fourth-order valence-corrected chi connectivity index (χ4v) is 3.46. The highest BCUT2D eigenvalue weighted by atomic mass is 35.5. The standard InChI is InChI=1S/C13H11Cl2NO4S/c1-20-12-5-3-9(7-11(12)17)16-21(18,19)13-6-8(14)2-4-10(13)15/h2-7,16-17H,1H3. The molecule has 0 amide bonds. The summed E-state index contributed by atoms with van der Waals surface area (Å²) in [6, 6.07) is 8.25. The zero-order valence-corrected chi connectivity index (χ0v) is 13.1. The van der Waals surface area contributed by atoms with Crippen LogP contribution < -0.4 is 9.46 Å². The van der Waals surface area contributed by atoms with Crippen LogP contribution in [0.15, 0.2) is 41.3 Å². The van der Waals surface area contributed by atoms with Gasteiger partial charge in [-0.2, -0.15) is 0 Å². The lowest BCUT2D eigenvalue weighted by atomic mass is 10.3. The van der Waals surface area contributed by atoms with E-state index in [-0.39, 0.29) is 32.1 Å². The summed E-state index contributed by atoms with van der Waals surface area (Å²) in [5, 5.41) is 9.94. The second-order valence-corrected chi connectivity index (χ2v) is 6.56. The normalized spacial score (nSPS) is 11.2. The molecular weight excluding hydrogens is 337 g/mol. The zero-order valence-electron chi connectivity index (χ0n) is 10.8. The Morgan fingerprint density at radius 2 is 1.86 bits per heavy atom. The topological polar surface area (TPSA) is 75.6 Å². The van der Waals surface area contributed by atoms with Crippen molar-refractivity contribution in [3.05, 3.63) is 46.4 Å². The average molecular weight is 348 g/mol. The Hall–Kier alpha value is -1.63. The van der Waals surface area contributed by atoms with Crippen LogP contribution >= 0.6 is 23.2 Å². The first kappa shape index (κ1) is 15.8. The van der Waals surface area contributed by atoms with Crippen molar-refractivity contribution in [2.24, 2.45) is 0 Å². The Morgan fingerprint density at radius 1 is 1.14 bits per heavy atom. The Bertz CT molecular complexity index is 778. The minimum absolute atomic E-state index is 0.0460. The van der Waals surface area contributed by atoms with E-state index in [9.17, 15) is 13.5 Å². The van der Waals surface area contributed by atoms with Crippen LogP contribution in [0.25, 0.3) is 0 Å². The van der Waals surface area contributed by atoms with Gasteiger partial charge in [0.2, 0.25) is 0 Å². The molecule has 0 saturated heterocycles. The summed E-state index contributed by atoms with van der Waals surface area (Å²) >= 11 is 11.7. The minimum Gasteiger partial charge on any atom is -0.504 e. The van der Waals surface area contributed by atoms with Gasteiger partial charge in [-0.3, -0.25) is 4.72 Å². The van der Waals surface area contributed by atoms with Gasteiger partial charge in [-0.25, -0.2) is 8.42 Å². The van der Waals surface area contributed by atoms with Gasteiger partial charge in [-0.05, 0) is 30.3 Å². The summed E-state index contributed by atoms with van der Waals surface area (Å²) in [4.78, 5) is -0.146. The maximum Gasteiger partial charge on any atom is 0.263 e. The molecule has 0 heterocycles. The number of halogens is 2. The van der Waals surface area contributed by atoms with E-state index in [0.29, 0.717) is 0 Å². The van der Waals surface area contributed by atoms with Crippen LogP contribution in [0.4, 0.5) is 5.69 Å². The molecular formula is C13H11Cl2NO4S. The summed E-state index contributed by atoms with van der Waals surface area (Å²) in [5.74, 6) is 0.0497. The summed E-state index contributed by atoms with van der Waals surface area (Å²) in [5.41, 5.74) is 0.171. The van der Waals surface area contributed by atoms with Crippen molar-refractivity contribution in [3.63, 3.8) is 0 Å². The third kappa shape index (κ3) is 3.53. The van der Waals surface area contributed by atoms with Gasteiger partial charge in [0, 0.05) is 11.1 Å². The number of aromatic hydroxyl groups is 1. The second kappa shape index (κ2) is 6.01. The lowest BCUT2D eigenvalue weighted by Gasteiger charge is -2.11. The fraction of sp³-hybridized carbons (Fsp3) is 0.0769. The van der Waals surface area contributed by atoms with Gasteiger partial charge in [0.1, 0.15) is 4.90 Å². The Kier molecular flexibility index (Phi) is 4.51. The molecule has 0 aliphatic carbocycles. The predicted molar refractivity (Wildman–Crippen MR) is 81.9 cm³/mol. The molecule has 21 heavy (non-hydrogen) atoms. The molecule has 2 rings (SSSR count). The number of hydrogen-bond acceptors (Lipinski definition) is 4. The summed E-state index contributed by atoms with van der Waals surface area (Å²) in [7, 11) is -2.53. The molecule has 5 nitrogen and oxygen atoms in total. The molecule has 0 saturated carbocycles. The molecule has 0 radical (unpaired) electrons. The third-order valence-corrected chi connectivity index (χ3v) is 4.71. The molecule has 0 fully saturated rings.